The lowest BCUT2D eigenvalue weighted by molar-refractivity contribution is -0.194. The molecule has 1 aromatic carbocycles. The summed E-state index contributed by atoms with van der Waals surface area (Å²) in [6, 6.07) is 15.5. The van der Waals surface area contributed by atoms with Crippen molar-refractivity contribution < 1.29 is 9.53 Å². The highest BCUT2D eigenvalue weighted by atomic mass is 16.6. The van der Waals surface area contributed by atoms with Gasteiger partial charge in [0.25, 0.3) is 0 Å². The first-order valence-electron chi connectivity index (χ1n) is 6.46. The lowest BCUT2D eigenvalue weighted by Crippen LogP contribution is -2.54. The third-order valence-corrected chi connectivity index (χ3v) is 3.84. The van der Waals surface area contributed by atoms with Crippen molar-refractivity contribution in [3.05, 3.63) is 66.0 Å². The average molecular weight is 253 g/mol. The molecule has 19 heavy (non-hydrogen) atoms. The van der Waals surface area contributed by atoms with E-state index in [1.807, 2.05) is 55.5 Å². The van der Waals surface area contributed by atoms with Gasteiger partial charge in [-0.3, -0.25) is 9.78 Å². The van der Waals surface area contributed by atoms with Crippen LogP contribution in [0.1, 0.15) is 30.7 Å². The van der Waals surface area contributed by atoms with E-state index >= 15 is 0 Å². The number of cyclic esters (lactones) is 1. The molecule has 0 radical (unpaired) electrons. The predicted octanol–water partition coefficient (Wildman–Crippen LogP) is 3.03. The highest BCUT2D eigenvalue weighted by Crippen LogP contribution is 2.51. The summed E-state index contributed by atoms with van der Waals surface area (Å²) in [5.41, 5.74) is 1.23. The van der Waals surface area contributed by atoms with Gasteiger partial charge in [0, 0.05) is 6.20 Å². The van der Waals surface area contributed by atoms with Gasteiger partial charge in [-0.1, -0.05) is 43.3 Å². The quantitative estimate of drug-likeness (QED) is 0.789. The molecule has 2 heterocycles. The Balaban J connectivity index is 2.07. The number of hydrogen-bond donors (Lipinski definition) is 0. The fourth-order valence-corrected chi connectivity index (χ4v) is 2.74. The van der Waals surface area contributed by atoms with E-state index in [2.05, 4.69) is 4.98 Å². The zero-order chi connectivity index (χ0) is 13.3. The van der Waals surface area contributed by atoms with Crippen LogP contribution in [0.5, 0.6) is 0 Å². The number of ether oxygens (including phenoxy) is 1. The molecule has 1 aromatic heterocycles. The molecule has 0 N–H and O–H groups in total. The maximum absolute atomic E-state index is 12.1. The van der Waals surface area contributed by atoms with E-state index in [0.717, 1.165) is 11.3 Å². The van der Waals surface area contributed by atoms with E-state index in [1.54, 1.807) is 6.20 Å². The number of nitrogens with zero attached hydrogens (tertiary/aromatic N) is 1. The molecule has 0 spiro atoms. The van der Waals surface area contributed by atoms with Crippen LogP contribution in [0.25, 0.3) is 0 Å². The van der Waals surface area contributed by atoms with Gasteiger partial charge in [0.05, 0.1) is 5.69 Å². The molecule has 1 aliphatic heterocycles. The number of pyridine rings is 1. The molecule has 1 aliphatic rings. The lowest BCUT2D eigenvalue weighted by Gasteiger charge is -2.46. The lowest BCUT2D eigenvalue weighted by atomic mass is 9.68. The van der Waals surface area contributed by atoms with E-state index in [1.165, 1.54) is 0 Å². The third-order valence-electron chi connectivity index (χ3n) is 3.84. The van der Waals surface area contributed by atoms with Crippen LogP contribution in [0.15, 0.2) is 54.7 Å². The zero-order valence-corrected chi connectivity index (χ0v) is 10.7. The fourth-order valence-electron chi connectivity index (χ4n) is 2.74. The van der Waals surface area contributed by atoms with Crippen molar-refractivity contribution in [3.63, 3.8) is 0 Å². The summed E-state index contributed by atoms with van der Waals surface area (Å²) >= 11 is 0. The molecule has 96 valence electrons. The van der Waals surface area contributed by atoms with Gasteiger partial charge in [0.2, 0.25) is 0 Å². The number of carbonyl (C=O) groups excluding carboxylic acids is 1. The third kappa shape index (κ3) is 1.65. The Kier molecular flexibility index (Phi) is 2.82. The maximum atomic E-state index is 12.1. The van der Waals surface area contributed by atoms with Crippen molar-refractivity contribution >= 4 is 5.97 Å². The number of hydrogen-bond acceptors (Lipinski definition) is 3. The Hall–Kier alpha value is -2.16. The summed E-state index contributed by atoms with van der Waals surface area (Å²) in [5, 5.41) is 0. The minimum atomic E-state index is -0.588. The molecular weight excluding hydrogens is 238 g/mol. The molecule has 2 atom stereocenters. The normalized spacial score (nSPS) is 25.5. The summed E-state index contributed by atoms with van der Waals surface area (Å²) in [6.45, 7) is 2.02. The summed E-state index contributed by atoms with van der Waals surface area (Å²) in [6.07, 6.45) is 2.15. The van der Waals surface area contributed by atoms with Gasteiger partial charge in [-0.05, 0) is 24.1 Å². The average Bonchev–Trinajstić information content (AvgIpc) is 2.48. The van der Waals surface area contributed by atoms with E-state index in [9.17, 15) is 4.79 Å². The molecule has 2 aromatic rings. The minimum Gasteiger partial charge on any atom is -0.453 e. The van der Waals surface area contributed by atoms with Gasteiger partial charge in [-0.15, -0.1) is 0 Å². The number of aromatic nitrogens is 1. The van der Waals surface area contributed by atoms with E-state index in [0.29, 0.717) is 6.42 Å². The number of carbonyl (C=O) groups is 1. The molecule has 1 saturated heterocycles. The number of benzene rings is 1. The second-order valence-electron chi connectivity index (χ2n) is 4.73. The van der Waals surface area contributed by atoms with Crippen molar-refractivity contribution in [2.75, 3.05) is 0 Å². The molecule has 0 aliphatic carbocycles. The highest BCUT2D eigenvalue weighted by molar-refractivity contribution is 5.89. The van der Waals surface area contributed by atoms with Crippen LogP contribution in [0.2, 0.25) is 0 Å². The van der Waals surface area contributed by atoms with Crippen molar-refractivity contribution in [2.24, 2.45) is 0 Å². The van der Waals surface area contributed by atoms with Gasteiger partial charge in [0.15, 0.2) is 6.10 Å². The van der Waals surface area contributed by atoms with E-state index in [-0.39, 0.29) is 12.1 Å². The van der Waals surface area contributed by atoms with Crippen molar-refractivity contribution in [1.82, 2.24) is 4.98 Å². The van der Waals surface area contributed by atoms with E-state index in [4.69, 9.17) is 4.74 Å². The van der Waals surface area contributed by atoms with E-state index < -0.39 is 5.41 Å². The van der Waals surface area contributed by atoms with Crippen LogP contribution >= 0.6 is 0 Å². The van der Waals surface area contributed by atoms with Crippen molar-refractivity contribution in [3.8, 4) is 0 Å². The predicted molar refractivity (Wildman–Crippen MR) is 71.5 cm³/mol. The molecule has 3 rings (SSSR count). The Morgan fingerprint density at radius 2 is 1.89 bits per heavy atom. The summed E-state index contributed by atoms with van der Waals surface area (Å²) in [4.78, 5) is 16.4. The number of esters is 1. The Bertz CT molecular complexity index is 582. The molecule has 0 unspecified atom stereocenters. The minimum absolute atomic E-state index is 0.156. The summed E-state index contributed by atoms with van der Waals surface area (Å²) < 4.78 is 5.39. The first-order chi connectivity index (χ1) is 9.29. The Morgan fingerprint density at radius 3 is 2.47 bits per heavy atom. The second kappa shape index (κ2) is 4.50. The van der Waals surface area contributed by atoms with Crippen LogP contribution in [0.4, 0.5) is 0 Å². The second-order valence-corrected chi connectivity index (χ2v) is 4.73. The van der Waals surface area contributed by atoms with Gasteiger partial charge < -0.3 is 4.74 Å². The molecule has 0 saturated carbocycles. The van der Waals surface area contributed by atoms with Crippen LogP contribution in [0.3, 0.4) is 0 Å². The van der Waals surface area contributed by atoms with Crippen molar-refractivity contribution in [2.45, 2.75) is 24.9 Å². The topological polar surface area (TPSA) is 39.2 Å². The van der Waals surface area contributed by atoms with Crippen LogP contribution in [-0.4, -0.2) is 11.0 Å². The molecular formula is C16H15NO2. The Labute approximate surface area is 112 Å². The molecule has 3 nitrogen and oxygen atoms in total. The Morgan fingerprint density at radius 1 is 1.16 bits per heavy atom. The van der Waals surface area contributed by atoms with Gasteiger partial charge in [-0.2, -0.15) is 0 Å². The van der Waals surface area contributed by atoms with Gasteiger partial charge in [0.1, 0.15) is 5.41 Å². The first kappa shape index (κ1) is 11.9. The van der Waals surface area contributed by atoms with Crippen LogP contribution in [-0.2, 0) is 14.9 Å². The molecule has 0 amide bonds. The standard InChI is InChI=1S/C16H15NO2/c1-2-16(12-8-4-3-5-9-12)14(19-15(16)18)13-10-6-7-11-17-13/h3-11,14H,2H2,1H3/t14-,16+/m1/s1. The molecule has 3 heteroatoms. The smallest absolute Gasteiger partial charge is 0.321 e. The van der Waals surface area contributed by atoms with Crippen LogP contribution in [0, 0.1) is 0 Å². The number of rotatable bonds is 3. The van der Waals surface area contributed by atoms with Gasteiger partial charge in [-0.25, -0.2) is 0 Å². The molecule has 0 bridgehead atoms. The SMILES string of the molecule is CC[C@@]1(c2ccccc2)C(=O)O[C@@H]1c1ccccn1. The largest absolute Gasteiger partial charge is 0.453 e. The summed E-state index contributed by atoms with van der Waals surface area (Å²) in [7, 11) is 0. The van der Waals surface area contributed by atoms with Gasteiger partial charge >= 0.3 is 5.97 Å². The fraction of sp³-hybridized carbons (Fsp3) is 0.250. The molecule has 1 fully saturated rings. The van der Waals surface area contributed by atoms with Crippen LogP contribution < -0.4 is 0 Å². The maximum Gasteiger partial charge on any atom is 0.321 e. The highest BCUT2D eigenvalue weighted by Gasteiger charge is 2.59. The zero-order valence-electron chi connectivity index (χ0n) is 10.7. The summed E-state index contributed by atoms with van der Waals surface area (Å²) in [5.74, 6) is -0.156. The monoisotopic (exact) mass is 253 g/mol. The van der Waals surface area contributed by atoms with Crippen molar-refractivity contribution in [1.29, 1.82) is 0 Å². The first-order valence-corrected chi connectivity index (χ1v) is 6.46.